The van der Waals surface area contributed by atoms with Gasteiger partial charge in [0.1, 0.15) is 11.6 Å². The van der Waals surface area contributed by atoms with Gasteiger partial charge in [-0.15, -0.1) is 0 Å². The smallest absolute Gasteiger partial charge is 0.260 e. The molecule has 144 valence electrons. The Morgan fingerprint density at radius 1 is 1.31 bits per heavy atom. The summed E-state index contributed by atoms with van der Waals surface area (Å²) >= 11 is 5.73. The SMILES string of the molecule is CC(C1CCN(C(=O)COc2ccc(F)c(Cl)c2)CC1)N1CCOCC1. The van der Waals surface area contributed by atoms with Crippen molar-refractivity contribution in [3.05, 3.63) is 29.0 Å². The number of rotatable bonds is 5. The predicted molar refractivity (Wildman–Crippen MR) is 98.1 cm³/mol. The average molecular weight is 385 g/mol. The van der Waals surface area contributed by atoms with Crippen LogP contribution in [0.3, 0.4) is 0 Å². The molecule has 1 aromatic carbocycles. The lowest BCUT2D eigenvalue weighted by atomic mass is 9.89. The standard InChI is InChI=1S/C19H26ClFN2O3/c1-14(22-8-10-25-11-9-22)15-4-6-23(7-5-15)19(24)13-26-16-2-3-18(21)17(20)12-16/h2-3,12,14-15H,4-11,13H2,1H3. The molecule has 7 heteroatoms. The molecule has 2 fully saturated rings. The van der Waals surface area contributed by atoms with Gasteiger partial charge < -0.3 is 14.4 Å². The number of piperidine rings is 1. The van der Waals surface area contributed by atoms with Crippen molar-refractivity contribution in [3.8, 4) is 5.75 Å². The molecule has 1 unspecified atom stereocenters. The maximum atomic E-state index is 13.2. The van der Waals surface area contributed by atoms with Gasteiger partial charge in [-0.3, -0.25) is 9.69 Å². The summed E-state index contributed by atoms with van der Waals surface area (Å²) in [7, 11) is 0. The summed E-state index contributed by atoms with van der Waals surface area (Å²) in [4.78, 5) is 16.7. The second-order valence-corrected chi connectivity index (χ2v) is 7.38. The molecule has 0 aromatic heterocycles. The second kappa shape index (κ2) is 9.02. The van der Waals surface area contributed by atoms with Gasteiger partial charge >= 0.3 is 0 Å². The van der Waals surface area contributed by atoms with Gasteiger partial charge in [0.25, 0.3) is 5.91 Å². The Morgan fingerprint density at radius 3 is 2.65 bits per heavy atom. The van der Waals surface area contributed by atoms with E-state index in [1.54, 1.807) is 0 Å². The second-order valence-electron chi connectivity index (χ2n) is 6.97. The fourth-order valence-corrected chi connectivity index (χ4v) is 3.89. The Hall–Kier alpha value is -1.37. The minimum atomic E-state index is -0.498. The molecule has 26 heavy (non-hydrogen) atoms. The third-order valence-electron chi connectivity index (χ3n) is 5.45. The lowest BCUT2D eigenvalue weighted by molar-refractivity contribution is -0.135. The highest BCUT2D eigenvalue weighted by Crippen LogP contribution is 2.25. The first-order chi connectivity index (χ1) is 12.5. The van der Waals surface area contributed by atoms with E-state index in [4.69, 9.17) is 21.1 Å². The van der Waals surface area contributed by atoms with E-state index in [0.717, 1.165) is 52.2 Å². The molecular formula is C19H26ClFN2O3. The summed E-state index contributed by atoms with van der Waals surface area (Å²) < 4.78 is 24.0. The third kappa shape index (κ3) is 4.87. The Labute approximate surface area is 159 Å². The van der Waals surface area contributed by atoms with Gasteiger partial charge in [-0.05, 0) is 37.8 Å². The van der Waals surface area contributed by atoms with Gasteiger partial charge in [0.05, 0.1) is 18.2 Å². The van der Waals surface area contributed by atoms with Crippen molar-refractivity contribution < 1.29 is 18.7 Å². The molecule has 1 aromatic rings. The number of carbonyl (C=O) groups is 1. The molecule has 0 aliphatic carbocycles. The maximum Gasteiger partial charge on any atom is 0.260 e. The quantitative estimate of drug-likeness (QED) is 0.782. The third-order valence-corrected chi connectivity index (χ3v) is 5.74. The minimum Gasteiger partial charge on any atom is -0.484 e. The number of morpholine rings is 1. The van der Waals surface area contributed by atoms with Gasteiger partial charge in [0, 0.05) is 38.3 Å². The molecule has 3 rings (SSSR count). The molecule has 0 bridgehead atoms. The van der Waals surface area contributed by atoms with Gasteiger partial charge in [-0.2, -0.15) is 0 Å². The lowest BCUT2D eigenvalue weighted by Crippen LogP contribution is -2.49. The molecule has 1 amide bonds. The molecule has 0 spiro atoms. The monoisotopic (exact) mass is 384 g/mol. The van der Waals surface area contributed by atoms with Crippen LogP contribution in [-0.2, 0) is 9.53 Å². The minimum absolute atomic E-state index is 0.00661. The summed E-state index contributed by atoms with van der Waals surface area (Å²) in [5, 5.41) is -0.00661. The van der Waals surface area contributed by atoms with Gasteiger partial charge in [0.15, 0.2) is 6.61 Å². The molecule has 2 aliphatic rings. The van der Waals surface area contributed by atoms with E-state index in [1.165, 1.54) is 18.2 Å². The van der Waals surface area contributed by atoms with Crippen molar-refractivity contribution in [1.29, 1.82) is 0 Å². The zero-order valence-corrected chi connectivity index (χ0v) is 15.9. The van der Waals surface area contributed by atoms with Gasteiger partial charge in [0.2, 0.25) is 0 Å². The van der Waals surface area contributed by atoms with Gasteiger partial charge in [-0.1, -0.05) is 11.6 Å². The van der Waals surface area contributed by atoms with Crippen molar-refractivity contribution in [2.45, 2.75) is 25.8 Å². The Balaban J connectivity index is 1.43. The number of hydrogen-bond donors (Lipinski definition) is 0. The van der Waals surface area contributed by atoms with Crippen LogP contribution in [0.5, 0.6) is 5.75 Å². The predicted octanol–water partition coefficient (Wildman–Crippen LogP) is 2.82. The van der Waals surface area contributed by atoms with Crippen molar-refractivity contribution >= 4 is 17.5 Å². The number of likely N-dealkylation sites (tertiary alicyclic amines) is 1. The average Bonchev–Trinajstić information content (AvgIpc) is 2.69. The molecule has 5 nitrogen and oxygen atoms in total. The topological polar surface area (TPSA) is 42.0 Å². The van der Waals surface area contributed by atoms with E-state index in [2.05, 4.69) is 11.8 Å². The highest BCUT2D eigenvalue weighted by atomic mass is 35.5. The molecule has 2 saturated heterocycles. The molecule has 2 heterocycles. The Bertz CT molecular complexity index is 617. The van der Waals surface area contributed by atoms with Gasteiger partial charge in [-0.25, -0.2) is 4.39 Å². The van der Waals surface area contributed by atoms with E-state index in [9.17, 15) is 9.18 Å². The van der Waals surface area contributed by atoms with Crippen molar-refractivity contribution in [1.82, 2.24) is 9.80 Å². The van der Waals surface area contributed by atoms with E-state index >= 15 is 0 Å². The molecular weight excluding hydrogens is 359 g/mol. The first-order valence-electron chi connectivity index (χ1n) is 9.22. The highest BCUT2D eigenvalue weighted by Gasteiger charge is 2.30. The number of halogens is 2. The lowest BCUT2D eigenvalue weighted by Gasteiger charge is -2.41. The Morgan fingerprint density at radius 2 is 2.00 bits per heavy atom. The molecule has 2 aliphatic heterocycles. The fraction of sp³-hybridized carbons (Fsp3) is 0.632. The summed E-state index contributed by atoms with van der Waals surface area (Å²) in [6, 6.07) is 4.62. The number of nitrogens with zero attached hydrogens (tertiary/aromatic N) is 2. The van der Waals surface area contributed by atoms with Crippen molar-refractivity contribution in [2.75, 3.05) is 46.0 Å². The first-order valence-corrected chi connectivity index (χ1v) is 9.60. The van der Waals surface area contributed by atoms with Crippen LogP contribution in [0.2, 0.25) is 5.02 Å². The van der Waals surface area contributed by atoms with Crippen molar-refractivity contribution in [3.63, 3.8) is 0 Å². The number of hydrogen-bond acceptors (Lipinski definition) is 4. The van der Waals surface area contributed by atoms with Crippen LogP contribution in [0.4, 0.5) is 4.39 Å². The zero-order chi connectivity index (χ0) is 18.5. The number of ether oxygens (including phenoxy) is 2. The van der Waals surface area contributed by atoms with Crippen LogP contribution in [0.15, 0.2) is 18.2 Å². The molecule has 1 atom stereocenters. The summed E-state index contributed by atoms with van der Waals surface area (Å²) in [6.07, 6.45) is 2.01. The number of amides is 1. The molecule has 0 N–H and O–H groups in total. The van der Waals surface area contributed by atoms with E-state index in [0.29, 0.717) is 17.7 Å². The van der Waals surface area contributed by atoms with Crippen LogP contribution in [-0.4, -0.2) is 67.7 Å². The van der Waals surface area contributed by atoms with Crippen LogP contribution in [0.1, 0.15) is 19.8 Å². The van der Waals surface area contributed by atoms with E-state index in [-0.39, 0.29) is 17.5 Å². The summed E-state index contributed by atoms with van der Waals surface area (Å²) in [5.41, 5.74) is 0. The molecule has 0 radical (unpaired) electrons. The largest absolute Gasteiger partial charge is 0.484 e. The highest BCUT2D eigenvalue weighted by molar-refractivity contribution is 6.30. The number of benzene rings is 1. The molecule has 0 saturated carbocycles. The number of carbonyl (C=O) groups excluding carboxylic acids is 1. The summed E-state index contributed by atoms with van der Waals surface area (Å²) in [6.45, 7) is 7.36. The van der Waals surface area contributed by atoms with Crippen LogP contribution < -0.4 is 4.74 Å². The van der Waals surface area contributed by atoms with E-state index in [1.807, 2.05) is 4.90 Å². The van der Waals surface area contributed by atoms with E-state index < -0.39 is 5.82 Å². The fourth-order valence-electron chi connectivity index (χ4n) is 3.72. The maximum absolute atomic E-state index is 13.2. The zero-order valence-electron chi connectivity index (χ0n) is 15.1. The normalized spacial score (nSPS) is 20.8. The Kier molecular flexibility index (Phi) is 6.73. The first kappa shape index (κ1) is 19.4. The van der Waals surface area contributed by atoms with Crippen molar-refractivity contribution in [2.24, 2.45) is 5.92 Å². The van der Waals surface area contributed by atoms with Crippen LogP contribution in [0.25, 0.3) is 0 Å². The summed E-state index contributed by atoms with van der Waals surface area (Å²) in [5.74, 6) is 0.472. The van der Waals surface area contributed by atoms with Crippen LogP contribution in [0, 0.1) is 11.7 Å². The van der Waals surface area contributed by atoms with Crippen LogP contribution >= 0.6 is 11.6 Å².